The van der Waals surface area contributed by atoms with Crippen molar-refractivity contribution in [2.24, 2.45) is 0 Å². The number of anilines is 1. The summed E-state index contributed by atoms with van der Waals surface area (Å²) >= 11 is 0. The molecule has 2 aromatic rings. The molecule has 0 saturated heterocycles. The smallest absolute Gasteiger partial charge is 0.223 e. The van der Waals surface area contributed by atoms with Crippen molar-refractivity contribution in [3.63, 3.8) is 0 Å². The van der Waals surface area contributed by atoms with E-state index in [0.29, 0.717) is 29.8 Å². The Morgan fingerprint density at radius 2 is 1.76 bits per heavy atom. The lowest BCUT2D eigenvalue weighted by atomic mass is 10.2. The number of rotatable bonds is 7. The monoisotopic (exact) mass is 338 g/mol. The fraction of sp³-hybridized carbons (Fsp3) is 0.300. The third-order valence-corrected chi connectivity index (χ3v) is 4.01. The Labute approximate surface area is 147 Å². The number of carbonyl (C=O) groups is 2. The molecule has 2 aromatic carbocycles. The lowest BCUT2D eigenvalue weighted by molar-refractivity contribution is -0.121. The van der Waals surface area contributed by atoms with Crippen LogP contribution >= 0.6 is 0 Å². The highest BCUT2D eigenvalue weighted by Crippen LogP contribution is 2.32. The fourth-order valence-corrected chi connectivity index (χ4v) is 2.57. The molecule has 1 aliphatic rings. The molecule has 130 valence electrons. The van der Waals surface area contributed by atoms with Gasteiger partial charge in [0.25, 0.3) is 0 Å². The summed E-state index contributed by atoms with van der Waals surface area (Å²) in [6.45, 7) is 1.82. The third-order valence-electron chi connectivity index (χ3n) is 4.01. The highest BCUT2D eigenvalue weighted by Gasteiger charge is 2.24. The molecule has 0 aliphatic heterocycles. The SMILES string of the molecule is CC(=O)N(CCC(=O)NC1CC1)c1ccccc1Oc1ccccc1. The van der Waals surface area contributed by atoms with Crippen LogP contribution in [0.1, 0.15) is 26.2 Å². The van der Waals surface area contributed by atoms with Crippen LogP contribution in [-0.4, -0.2) is 24.4 Å². The summed E-state index contributed by atoms with van der Waals surface area (Å²) in [5, 5.41) is 2.95. The number of para-hydroxylation sites is 3. The van der Waals surface area contributed by atoms with Gasteiger partial charge in [-0.05, 0) is 37.1 Å². The van der Waals surface area contributed by atoms with Gasteiger partial charge in [-0.2, -0.15) is 0 Å². The van der Waals surface area contributed by atoms with Gasteiger partial charge in [-0.1, -0.05) is 30.3 Å². The van der Waals surface area contributed by atoms with Gasteiger partial charge in [0.15, 0.2) is 5.75 Å². The first kappa shape index (κ1) is 17.0. The van der Waals surface area contributed by atoms with Crippen LogP contribution in [-0.2, 0) is 9.59 Å². The predicted octanol–water partition coefficient (Wildman–Crippen LogP) is 3.50. The highest BCUT2D eigenvalue weighted by atomic mass is 16.5. The van der Waals surface area contributed by atoms with Crippen LogP contribution in [0, 0.1) is 0 Å². The number of ether oxygens (including phenoxy) is 1. The van der Waals surface area contributed by atoms with Crippen LogP contribution in [0.3, 0.4) is 0 Å². The summed E-state index contributed by atoms with van der Waals surface area (Å²) < 4.78 is 5.93. The normalized spacial score (nSPS) is 13.2. The second-order valence-corrected chi connectivity index (χ2v) is 6.15. The Hall–Kier alpha value is -2.82. The molecule has 0 unspecified atom stereocenters. The van der Waals surface area contributed by atoms with E-state index in [2.05, 4.69) is 5.32 Å². The third kappa shape index (κ3) is 4.83. The first-order chi connectivity index (χ1) is 12.1. The molecular formula is C20H22N2O3. The molecule has 0 atom stereocenters. The van der Waals surface area contributed by atoms with E-state index in [9.17, 15) is 9.59 Å². The van der Waals surface area contributed by atoms with Crippen molar-refractivity contribution in [2.75, 3.05) is 11.4 Å². The lowest BCUT2D eigenvalue weighted by Gasteiger charge is -2.23. The molecule has 0 heterocycles. The average molecular weight is 338 g/mol. The Balaban J connectivity index is 1.74. The molecule has 1 aliphatic carbocycles. The summed E-state index contributed by atoms with van der Waals surface area (Å²) in [5.74, 6) is 1.15. The van der Waals surface area contributed by atoms with Crippen molar-refractivity contribution in [1.82, 2.24) is 5.32 Å². The van der Waals surface area contributed by atoms with Gasteiger partial charge >= 0.3 is 0 Å². The van der Waals surface area contributed by atoms with Crippen LogP contribution in [0.15, 0.2) is 54.6 Å². The van der Waals surface area contributed by atoms with Crippen molar-refractivity contribution in [3.05, 3.63) is 54.6 Å². The standard InChI is InChI=1S/C20H22N2O3/c1-15(23)22(14-13-20(24)21-16-11-12-16)18-9-5-6-10-19(18)25-17-7-3-2-4-8-17/h2-10,16H,11-14H2,1H3,(H,21,24). The minimum Gasteiger partial charge on any atom is -0.455 e. The molecule has 5 heteroatoms. The molecule has 0 radical (unpaired) electrons. The van der Waals surface area contributed by atoms with Crippen LogP contribution in [0.25, 0.3) is 0 Å². The summed E-state index contributed by atoms with van der Waals surface area (Å²) in [4.78, 5) is 25.7. The molecule has 0 bridgehead atoms. The van der Waals surface area contributed by atoms with Gasteiger partial charge in [-0.25, -0.2) is 0 Å². The fourth-order valence-electron chi connectivity index (χ4n) is 2.57. The van der Waals surface area contributed by atoms with Crippen molar-refractivity contribution in [1.29, 1.82) is 0 Å². The van der Waals surface area contributed by atoms with E-state index in [4.69, 9.17) is 4.74 Å². The molecule has 5 nitrogen and oxygen atoms in total. The van der Waals surface area contributed by atoms with E-state index in [1.165, 1.54) is 6.92 Å². The van der Waals surface area contributed by atoms with E-state index >= 15 is 0 Å². The Bertz CT molecular complexity index is 742. The molecule has 1 saturated carbocycles. The first-order valence-corrected chi connectivity index (χ1v) is 8.53. The minimum atomic E-state index is -0.122. The molecule has 3 rings (SSSR count). The number of hydrogen-bond donors (Lipinski definition) is 1. The molecule has 1 N–H and O–H groups in total. The van der Waals surface area contributed by atoms with Crippen LogP contribution in [0.5, 0.6) is 11.5 Å². The van der Waals surface area contributed by atoms with E-state index in [-0.39, 0.29) is 18.2 Å². The van der Waals surface area contributed by atoms with Crippen LogP contribution < -0.4 is 15.0 Å². The van der Waals surface area contributed by atoms with Crippen LogP contribution in [0.4, 0.5) is 5.69 Å². The maximum absolute atomic E-state index is 12.1. The van der Waals surface area contributed by atoms with Crippen molar-refractivity contribution >= 4 is 17.5 Å². The second kappa shape index (κ2) is 7.83. The average Bonchev–Trinajstić information content (AvgIpc) is 3.41. The highest BCUT2D eigenvalue weighted by molar-refractivity contribution is 5.94. The van der Waals surface area contributed by atoms with Crippen LogP contribution in [0.2, 0.25) is 0 Å². The first-order valence-electron chi connectivity index (χ1n) is 8.53. The van der Waals surface area contributed by atoms with E-state index < -0.39 is 0 Å². The van der Waals surface area contributed by atoms with Gasteiger partial charge in [-0.15, -0.1) is 0 Å². The number of carbonyl (C=O) groups excluding carboxylic acids is 2. The quantitative estimate of drug-likeness (QED) is 0.840. The molecular weight excluding hydrogens is 316 g/mol. The number of amides is 2. The van der Waals surface area contributed by atoms with E-state index in [0.717, 1.165) is 12.8 Å². The number of benzene rings is 2. The maximum Gasteiger partial charge on any atom is 0.223 e. The maximum atomic E-state index is 12.1. The summed E-state index contributed by atoms with van der Waals surface area (Å²) in [6, 6.07) is 17.1. The second-order valence-electron chi connectivity index (χ2n) is 6.15. The molecule has 2 amide bonds. The van der Waals surface area contributed by atoms with Gasteiger partial charge in [0, 0.05) is 25.9 Å². The molecule has 0 aromatic heterocycles. The number of nitrogens with zero attached hydrogens (tertiary/aromatic N) is 1. The summed E-state index contributed by atoms with van der Waals surface area (Å²) in [7, 11) is 0. The van der Waals surface area contributed by atoms with E-state index in [1.807, 2.05) is 54.6 Å². The zero-order valence-electron chi connectivity index (χ0n) is 14.3. The van der Waals surface area contributed by atoms with Crippen molar-refractivity contribution in [2.45, 2.75) is 32.2 Å². The predicted molar refractivity (Wildman–Crippen MR) is 96.8 cm³/mol. The van der Waals surface area contributed by atoms with Gasteiger partial charge < -0.3 is 15.0 Å². The number of hydrogen-bond acceptors (Lipinski definition) is 3. The Kier molecular flexibility index (Phi) is 5.33. The summed E-state index contributed by atoms with van der Waals surface area (Å²) in [6.07, 6.45) is 2.38. The Morgan fingerprint density at radius 3 is 2.44 bits per heavy atom. The van der Waals surface area contributed by atoms with Gasteiger partial charge in [0.2, 0.25) is 11.8 Å². The topological polar surface area (TPSA) is 58.6 Å². The lowest BCUT2D eigenvalue weighted by Crippen LogP contribution is -2.34. The number of nitrogens with one attached hydrogen (secondary N) is 1. The molecule has 0 spiro atoms. The van der Waals surface area contributed by atoms with E-state index in [1.54, 1.807) is 4.90 Å². The Morgan fingerprint density at radius 1 is 1.08 bits per heavy atom. The van der Waals surface area contributed by atoms with Crippen molar-refractivity contribution in [3.8, 4) is 11.5 Å². The molecule has 1 fully saturated rings. The minimum absolute atomic E-state index is 0.0183. The largest absolute Gasteiger partial charge is 0.455 e. The van der Waals surface area contributed by atoms with Gasteiger partial charge in [-0.3, -0.25) is 9.59 Å². The molecule has 25 heavy (non-hydrogen) atoms. The zero-order valence-corrected chi connectivity index (χ0v) is 14.3. The van der Waals surface area contributed by atoms with Crippen molar-refractivity contribution < 1.29 is 14.3 Å². The zero-order chi connectivity index (χ0) is 17.6. The summed E-state index contributed by atoms with van der Waals surface area (Å²) in [5.41, 5.74) is 0.665. The van der Waals surface area contributed by atoms with Gasteiger partial charge in [0.1, 0.15) is 5.75 Å². The van der Waals surface area contributed by atoms with Gasteiger partial charge in [0.05, 0.1) is 5.69 Å².